The van der Waals surface area contributed by atoms with E-state index in [4.69, 9.17) is 10.8 Å². The van der Waals surface area contributed by atoms with E-state index in [9.17, 15) is 9.59 Å². The Balaban J connectivity index is 2.04. The Morgan fingerprint density at radius 1 is 1.37 bits per heavy atom. The van der Waals surface area contributed by atoms with Gasteiger partial charge in [-0.05, 0) is 18.2 Å². The number of urea groups is 1. The molecule has 3 amide bonds. The van der Waals surface area contributed by atoms with Crippen molar-refractivity contribution < 1.29 is 14.0 Å². The third-order valence-corrected chi connectivity index (χ3v) is 3.07. The fourth-order valence-electron chi connectivity index (χ4n) is 2.11. The Labute approximate surface area is 109 Å². The summed E-state index contributed by atoms with van der Waals surface area (Å²) in [5.41, 5.74) is 1.98. The Bertz CT molecular complexity index is 724. The van der Waals surface area contributed by atoms with E-state index in [1.54, 1.807) is 12.1 Å². The van der Waals surface area contributed by atoms with Crippen LogP contribution in [0.1, 0.15) is 12.0 Å². The molecule has 19 heavy (non-hydrogen) atoms. The molecule has 1 saturated heterocycles. The van der Waals surface area contributed by atoms with Crippen LogP contribution in [0.15, 0.2) is 28.9 Å². The number of hydrogen-bond acceptors (Lipinski definition) is 3. The molecule has 1 aliphatic rings. The highest BCUT2D eigenvalue weighted by Gasteiger charge is 2.26. The van der Waals surface area contributed by atoms with Crippen LogP contribution in [0.5, 0.6) is 0 Å². The molecular formula is C14H10N2O3. The molecule has 2 heterocycles. The number of fused-ring (bicyclic) bond motifs is 1. The summed E-state index contributed by atoms with van der Waals surface area (Å²) >= 11 is 0. The molecule has 0 unspecified atom stereocenters. The van der Waals surface area contributed by atoms with Gasteiger partial charge in [-0.1, -0.05) is 5.92 Å². The van der Waals surface area contributed by atoms with Crippen LogP contribution in [0.4, 0.5) is 10.5 Å². The third kappa shape index (κ3) is 1.83. The van der Waals surface area contributed by atoms with Gasteiger partial charge < -0.3 is 4.42 Å². The molecule has 0 spiro atoms. The second-order valence-corrected chi connectivity index (χ2v) is 4.23. The fourth-order valence-corrected chi connectivity index (χ4v) is 2.11. The first-order chi connectivity index (χ1) is 9.19. The van der Waals surface area contributed by atoms with Gasteiger partial charge in [0, 0.05) is 23.9 Å². The second-order valence-electron chi connectivity index (χ2n) is 4.23. The minimum atomic E-state index is -0.431. The molecule has 0 aliphatic carbocycles. The summed E-state index contributed by atoms with van der Waals surface area (Å²) < 4.78 is 5.42. The Kier molecular flexibility index (Phi) is 2.50. The summed E-state index contributed by atoms with van der Waals surface area (Å²) in [6.45, 7) is 0.343. The molecule has 3 rings (SSSR count). The second kappa shape index (κ2) is 4.18. The lowest BCUT2D eigenvalue weighted by molar-refractivity contribution is -0.120. The van der Waals surface area contributed by atoms with Crippen molar-refractivity contribution in [2.45, 2.75) is 6.42 Å². The van der Waals surface area contributed by atoms with E-state index in [2.05, 4.69) is 11.2 Å². The predicted molar refractivity (Wildman–Crippen MR) is 69.7 cm³/mol. The van der Waals surface area contributed by atoms with Gasteiger partial charge in [-0.3, -0.25) is 15.0 Å². The Morgan fingerprint density at radius 2 is 2.21 bits per heavy atom. The van der Waals surface area contributed by atoms with Gasteiger partial charge in [0.15, 0.2) is 0 Å². The van der Waals surface area contributed by atoms with Gasteiger partial charge in [-0.25, -0.2) is 4.79 Å². The number of imide groups is 1. The highest BCUT2D eigenvalue weighted by atomic mass is 16.3. The van der Waals surface area contributed by atoms with Crippen LogP contribution in [0.2, 0.25) is 0 Å². The van der Waals surface area contributed by atoms with Crippen LogP contribution in [0.25, 0.3) is 11.0 Å². The monoisotopic (exact) mass is 254 g/mol. The first kappa shape index (κ1) is 11.4. The molecular weight excluding hydrogens is 244 g/mol. The summed E-state index contributed by atoms with van der Waals surface area (Å²) in [5, 5.41) is 3.07. The molecule has 1 aromatic heterocycles. The van der Waals surface area contributed by atoms with E-state index in [0.717, 1.165) is 5.39 Å². The van der Waals surface area contributed by atoms with Crippen LogP contribution in [0, 0.1) is 12.3 Å². The normalized spacial score (nSPS) is 15.4. The quantitative estimate of drug-likeness (QED) is 0.790. The first-order valence-corrected chi connectivity index (χ1v) is 5.78. The first-order valence-electron chi connectivity index (χ1n) is 5.78. The van der Waals surface area contributed by atoms with Crippen molar-refractivity contribution in [3.8, 4) is 12.3 Å². The summed E-state index contributed by atoms with van der Waals surface area (Å²) in [6, 6.07) is 4.91. The van der Waals surface area contributed by atoms with Gasteiger partial charge in [0.1, 0.15) is 11.8 Å². The zero-order valence-corrected chi connectivity index (χ0v) is 9.97. The highest BCUT2D eigenvalue weighted by Crippen LogP contribution is 2.30. The zero-order valence-electron chi connectivity index (χ0n) is 9.97. The van der Waals surface area contributed by atoms with Crippen molar-refractivity contribution >= 4 is 28.6 Å². The van der Waals surface area contributed by atoms with Gasteiger partial charge in [-0.2, -0.15) is 0 Å². The summed E-state index contributed by atoms with van der Waals surface area (Å²) in [4.78, 5) is 24.4. The molecule has 0 atom stereocenters. The molecule has 1 aliphatic heterocycles. The van der Waals surface area contributed by atoms with E-state index in [-0.39, 0.29) is 12.3 Å². The van der Waals surface area contributed by atoms with Crippen LogP contribution in [0.3, 0.4) is 0 Å². The summed E-state index contributed by atoms with van der Waals surface area (Å²) in [6.07, 6.45) is 7.10. The maximum Gasteiger partial charge on any atom is 0.328 e. The number of hydrogen-bond donors (Lipinski definition) is 1. The molecule has 1 N–H and O–H groups in total. The van der Waals surface area contributed by atoms with Crippen molar-refractivity contribution in [2.75, 3.05) is 11.4 Å². The van der Waals surface area contributed by atoms with E-state index < -0.39 is 6.03 Å². The third-order valence-electron chi connectivity index (χ3n) is 3.07. The van der Waals surface area contributed by atoms with Gasteiger partial charge >= 0.3 is 6.03 Å². The summed E-state index contributed by atoms with van der Waals surface area (Å²) in [5.74, 6) is 2.26. The Hall–Kier alpha value is -2.74. The minimum Gasteiger partial charge on any atom is -0.462 e. The maximum atomic E-state index is 11.8. The predicted octanol–water partition coefficient (Wildman–Crippen LogP) is 1.86. The highest BCUT2D eigenvalue weighted by molar-refractivity contribution is 6.09. The van der Waals surface area contributed by atoms with Crippen LogP contribution in [-0.4, -0.2) is 18.5 Å². The van der Waals surface area contributed by atoms with Gasteiger partial charge in [0.25, 0.3) is 0 Å². The van der Waals surface area contributed by atoms with Crippen molar-refractivity contribution in [1.82, 2.24) is 5.32 Å². The number of nitrogens with zero attached hydrogens (tertiary/aromatic N) is 1. The maximum absolute atomic E-state index is 11.8. The van der Waals surface area contributed by atoms with E-state index in [1.165, 1.54) is 11.2 Å². The molecule has 2 aromatic rings. The average Bonchev–Trinajstić information content (AvgIpc) is 2.81. The number of anilines is 1. The Morgan fingerprint density at radius 3 is 2.95 bits per heavy atom. The van der Waals surface area contributed by atoms with E-state index >= 15 is 0 Å². The van der Waals surface area contributed by atoms with E-state index in [0.29, 0.717) is 23.4 Å². The van der Waals surface area contributed by atoms with Crippen molar-refractivity contribution in [3.63, 3.8) is 0 Å². The van der Waals surface area contributed by atoms with Crippen molar-refractivity contribution in [2.24, 2.45) is 0 Å². The minimum absolute atomic E-state index is 0.260. The largest absolute Gasteiger partial charge is 0.462 e. The van der Waals surface area contributed by atoms with Crippen molar-refractivity contribution in [3.05, 3.63) is 30.0 Å². The van der Waals surface area contributed by atoms with Crippen molar-refractivity contribution in [1.29, 1.82) is 0 Å². The van der Waals surface area contributed by atoms with Gasteiger partial charge in [-0.15, -0.1) is 6.42 Å². The number of furan rings is 1. The molecule has 0 saturated carbocycles. The van der Waals surface area contributed by atoms with Gasteiger partial charge in [0.05, 0.1) is 5.69 Å². The molecule has 1 fully saturated rings. The smallest absolute Gasteiger partial charge is 0.328 e. The average molecular weight is 254 g/mol. The van der Waals surface area contributed by atoms with E-state index in [1.807, 2.05) is 6.07 Å². The van der Waals surface area contributed by atoms with Crippen LogP contribution < -0.4 is 10.2 Å². The number of carbonyl (C=O) groups is 2. The molecule has 5 nitrogen and oxygen atoms in total. The molecule has 94 valence electrons. The summed E-state index contributed by atoms with van der Waals surface area (Å²) in [7, 11) is 0. The number of amides is 3. The number of carbonyl (C=O) groups excluding carboxylic acids is 2. The SMILES string of the molecule is C#Cc1ccc2c(N3CCC(=O)NC3=O)coc2c1. The number of benzene rings is 1. The molecule has 1 aromatic carbocycles. The fraction of sp³-hybridized carbons (Fsp3) is 0.143. The lowest BCUT2D eigenvalue weighted by Crippen LogP contribution is -2.49. The topological polar surface area (TPSA) is 62.6 Å². The lowest BCUT2D eigenvalue weighted by atomic mass is 10.1. The standard InChI is InChI=1S/C14H10N2O3/c1-2-9-3-4-10-11(8-19-12(10)7-9)16-6-5-13(17)15-14(16)18/h1,3-4,7-8H,5-6H2,(H,15,17,18). The number of rotatable bonds is 1. The zero-order chi connectivity index (χ0) is 13.4. The molecule has 0 radical (unpaired) electrons. The van der Waals surface area contributed by atoms with Gasteiger partial charge in [0.2, 0.25) is 5.91 Å². The molecule has 0 bridgehead atoms. The number of nitrogens with one attached hydrogen (secondary N) is 1. The van der Waals surface area contributed by atoms with Crippen LogP contribution in [-0.2, 0) is 4.79 Å². The number of terminal acetylenes is 1. The molecule has 5 heteroatoms. The lowest BCUT2D eigenvalue weighted by Gasteiger charge is -2.25. The van der Waals surface area contributed by atoms with Crippen LogP contribution >= 0.6 is 0 Å².